The number of nitrogens with zero attached hydrogens (tertiary/aromatic N) is 1. The Hall–Kier alpha value is -1.40. The van der Waals surface area contributed by atoms with E-state index >= 15 is 0 Å². The summed E-state index contributed by atoms with van der Waals surface area (Å²) in [5.41, 5.74) is 0.975. The molecule has 0 bridgehead atoms. The Balaban J connectivity index is 3.13. The zero-order valence-corrected chi connectivity index (χ0v) is 12.4. The molecule has 106 valence electrons. The molecule has 0 fully saturated rings. The SMILES string of the molecule is COC(=O)CN(C(C)C)S(=O)(=O)c1ccc(C)cc1. The second-order valence-electron chi connectivity index (χ2n) is 4.53. The zero-order chi connectivity index (χ0) is 14.6. The maximum Gasteiger partial charge on any atom is 0.321 e. The van der Waals surface area contributed by atoms with Crippen molar-refractivity contribution in [1.29, 1.82) is 0 Å². The molecule has 0 aliphatic rings. The van der Waals surface area contributed by atoms with Crippen molar-refractivity contribution in [3.8, 4) is 0 Å². The highest BCUT2D eigenvalue weighted by atomic mass is 32.2. The van der Waals surface area contributed by atoms with E-state index in [2.05, 4.69) is 4.74 Å². The van der Waals surface area contributed by atoms with Crippen LogP contribution >= 0.6 is 0 Å². The summed E-state index contributed by atoms with van der Waals surface area (Å²) in [6.45, 7) is 5.03. The molecule has 1 rings (SSSR count). The fraction of sp³-hybridized carbons (Fsp3) is 0.462. The number of benzene rings is 1. The van der Waals surface area contributed by atoms with E-state index < -0.39 is 16.0 Å². The lowest BCUT2D eigenvalue weighted by Gasteiger charge is -2.24. The summed E-state index contributed by atoms with van der Waals surface area (Å²) >= 11 is 0. The van der Waals surface area contributed by atoms with Gasteiger partial charge in [-0.15, -0.1) is 0 Å². The molecule has 1 aromatic carbocycles. The van der Waals surface area contributed by atoms with Gasteiger partial charge in [0, 0.05) is 6.04 Å². The molecule has 0 N–H and O–H groups in total. The molecular weight excluding hydrogens is 266 g/mol. The van der Waals surface area contributed by atoms with Gasteiger partial charge in [-0.25, -0.2) is 8.42 Å². The normalized spacial score (nSPS) is 11.9. The van der Waals surface area contributed by atoms with Crippen molar-refractivity contribution in [2.45, 2.75) is 31.7 Å². The van der Waals surface area contributed by atoms with E-state index in [4.69, 9.17) is 0 Å². The van der Waals surface area contributed by atoms with Gasteiger partial charge in [0.15, 0.2) is 0 Å². The van der Waals surface area contributed by atoms with Crippen molar-refractivity contribution in [3.63, 3.8) is 0 Å². The molecule has 0 saturated carbocycles. The van der Waals surface area contributed by atoms with Gasteiger partial charge in [-0.3, -0.25) is 4.79 Å². The van der Waals surface area contributed by atoms with Crippen LogP contribution in [0.4, 0.5) is 0 Å². The summed E-state index contributed by atoms with van der Waals surface area (Å²) in [5, 5.41) is 0. The summed E-state index contributed by atoms with van der Waals surface area (Å²) in [4.78, 5) is 11.5. The first-order valence-electron chi connectivity index (χ1n) is 5.94. The van der Waals surface area contributed by atoms with E-state index in [1.54, 1.807) is 26.0 Å². The second kappa shape index (κ2) is 6.16. The third-order valence-corrected chi connectivity index (χ3v) is 4.75. The summed E-state index contributed by atoms with van der Waals surface area (Å²) in [5.74, 6) is -0.579. The van der Waals surface area contributed by atoms with Crippen LogP contribution in [0, 0.1) is 6.92 Å². The largest absolute Gasteiger partial charge is 0.468 e. The molecule has 0 aliphatic carbocycles. The van der Waals surface area contributed by atoms with E-state index in [9.17, 15) is 13.2 Å². The molecule has 19 heavy (non-hydrogen) atoms. The summed E-state index contributed by atoms with van der Waals surface area (Å²) in [6.07, 6.45) is 0. The maximum absolute atomic E-state index is 12.5. The lowest BCUT2D eigenvalue weighted by Crippen LogP contribution is -2.40. The van der Waals surface area contributed by atoms with Crippen molar-refractivity contribution in [1.82, 2.24) is 4.31 Å². The summed E-state index contributed by atoms with van der Waals surface area (Å²) < 4.78 is 30.6. The molecule has 0 unspecified atom stereocenters. The number of rotatable bonds is 5. The maximum atomic E-state index is 12.5. The number of carbonyl (C=O) groups is 1. The van der Waals surface area contributed by atoms with Crippen LogP contribution in [0.1, 0.15) is 19.4 Å². The number of hydrogen-bond acceptors (Lipinski definition) is 4. The van der Waals surface area contributed by atoms with Crippen LogP contribution in [-0.4, -0.2) is 38.4 Å². The minimum atomic E-state index is -3.69. The van der Waals surface area contributed by atoms with Crippen molar-refractivity contribution >= 4 is 16.0 Å². The molecule has 0 amide bonds. The molecule has 0 spiro atoms. The van der Waals surface area contributed by atoms with E-state index in [0.29, 0.717) is 0 Å². The zero-order valence-electron chi connectivity index (χ0n) is 11.6. The molecule has 0 atom stereocenters. The van der Waals surface area contributed by atoms with Crippen LogP contribution < -0.4 is 0 Å². The van der Waals surface area contributed by atoms with Crippen molar-refractivity contribution in [2.75, 3.05) is 13.7 Å². The molecule has 0 aliphatic heterocycles. The Morgan fingerprint density at radius 1 is 1.26 bits per heavy atom. The lowest BCUT2D eigenvalue weighted by atomic mass is 10.2. The molecule has 1 aromatic rings. The molecule has 6 heteroatoms. The van der Waals surface area contributed by atoms with Gasteiger partial charge in [-0.05, 0) is 32.9 Å². The Morgan fingerprint density at radius 2 is 1.79 bits per heavy atom. The standard InChI is InChI=1S/C13H19NO4S/c1-10(2)14(9-13(15)18-4)19(16,17)12-7-5-11(3)6-8-12/h5-8,10H,9H2,1-4H3. The fourth-order valence-electron chi connectivity index (χ4n) is 1.58. The summed E-state index contributed by atoms with van der Waals surface area (Å²) in [7, 11) is -2.45. The van der Waals surface area contributed by atoms with Crippen LogP contribution in [-0.2, 0) is 19.6 Å². The van der Waals surface area contributed by atoms with E-state index in [0.717, 1.165) is 9.87 Å². The molecule has 5 nitrogen and oxygen atoms in total. The van der Waals surface area contributed by atoms with Gasteiger partial charge < -0.3 is 4.74 Å². The van der Waals surface area contributed by atoms with E-state index in [-0.39, 0.29) is 17.5 Å². The number of esters is 1. The van der Waals surface area contributed by atoms with Crippen molar-refractivity contribution < 1.29 is 17.9 Å². The highest BCUT2D eigenvalue weighted by Gasteiger charge is 2.29. The van der Waals surface area contributed by atoms with Gasteiger partial charge in [0.05, 0.1) is 12.0 Å². The minimum Gasteiger partial charge on any atom is -0.468 e. The van der Waals surface area contributed by atoms with Gasteiger partial charge >= 0.3 is 5.97 Å². The second-order valence-corrected chi connectivity index (χ2v) is 6.42. The molecule has 0 heterocycles. The average Bonchev–Trinajstić information content (AvgIpc) is 2.35. The van der Waals surface area contributed by atoms with Crippen LogP contribution in [0.15, 0.2) is 29.2 Å². The number of hydrogen-bond donors (Lipinski definition) is 0. The number of carbonyl (C=O) groups excluding carboxylic acids is 1. The number of sulfonamides is 1. The predicted molar refractivity (Wildman–Crippen MR) is 72.2 cm³/mol. The third-order valence-electron chi connectivity index (χ3n) is 2.72. The highest BCUT2D eigenvalue weighted by Crippen LogP contribution is 2.18. The monoisotopic (exact) mass is 285 g/mol. The van der Waals surface area contributed by atoms with Gasteiger partial charge in [-0.2, -0.15) is 4.31 Å². The molecular formula is C13H19NO4S. The van der Waals surface area contributed by atoms with Gasteiger partial charge in [0.2, 0.25) is 10.0 Å². The predicted octanol–water partition coefficient (Wildman–Crippen LogP) is 1.57. The Morgan fingerprint density at radius 3 is 2.21 bits per heavy atom. The minimum absolute atomic E-state index is 0.177. The number of aryl methyl sites for hydroxylation is 1. The lowest BCUT2D eigenvalue weighted by molar-refractivity contribution is -0.141. The molecule has 0 radical (unpaired) electrons. The first-order valence-corrected chi connectivity index (χ1v) is 7.38. The fourth-order valence-corrected chi connectivity index (χ4v) is 3.16. The molecule has 0 aromatic heterocycles. The number of ether oxygens (including phenoxy) is 1. The highest BCUT2D eigenvalue weighted by molar-refractivity contribution is 7.89. The van der Waals surface area contributed by atoms with Gasteiger partial charge in [-0.1, -0.05) is 17.7 Å². The van der Waals surface area contributed by atoms with Gasteiger partial charge in [0.25, 0.3) is 0 Å². The number of methoxy groups -OCH3 is 1. The van der Waals surface area contributed by atoms with Crippen molar-refractivity contribution in [3.05, 3.63) is 29.8 Å². The van der Waals surface area contributed by atoms with Crippen LogP contribution in [0.25, 0.3) is 0 Å². The molecule has 0 saturated heterocycles. The first kappa shape index (κ1) is 15.7. The van der Waals surface area contributed by atoms with Crippen LogP contribution in [0.2, 0.25) is 0 Å². The Labute approximate surface area is 114 Å². The Kier molecular flexibility index (Phi) is 5.08. The first-order chi connectivity index (χ1) is 8.78. The quantitative estimate of drug-likeness (QED) is 0.770. The topological polar surface area (TPSA) is 63.7 Å². The van der Waals surface area contributed by atoms with E-state index in [1.165, 1.54) is 19.2 Å². The van der Waals surface area contributed by atoms with Gasteiger partial charge in [0.1, 0.15) is 6.54 Å². The van der Waals surface area contributed by atoms with Crippen LogP contribution in [0.3, 0.4) is 0 Å². The van der Waals surface area contributed by atoms with Crippen LogP contribution in [0.5, 0.6) is 0 Å². The average molecular weight is 285 g/mol. The third kappa shape index (κ3) is 3.78. The smallest absolute Gasteiger partial charge is 0.321 e. The summed E-state index contributed by atoms with van der Waals surface area (Å²) in [6, 6.07) is 6.20. The van der Waals surface area contributed by atoms with E-state index in [1.807, 2.05) is 6.92 Å². The Bertz CT molecular complexity index is 534. The van der Waals surface area contributed by atoms with Crippen molar-refractivity contribution in [2.24, 2.45) is 0 Å².